The lowest BCUT2D eigenvalue weighted by Crippen LogP contribution is -2.66. The molecule has 10 atom stereocenters. The maximum Gasteiger partial charge on any atom is 0.342 e. The molecule has 9 nitrogen and oxygen atoms in total. The van der Waals surface area contributed by atoms with E-state index in [1.165, 1.54) is 6.92 Å². The van der Waals surface area contributed by atoms with Crippen molar-refractivity contribution in [3.8, 4) is 0 Å². The zero-order chi connectivity index (χ0) is 20.9. The topological polar surface area (TPSA) is 129 Å². The van der Waals surface area contributed by atoms with Gasteiger partial charge in [-0.25, -0.2) is 9.59 Å². The number of hydrogen-bond acceptors (Lipinski definition) is 9. The molecular formula is C20H24O9. The average molecular weight is 408 g/mol. The number of aliphatic hydroxyl groups excluding tert-OH is 1. The van der Waals surface area contributed by atoms with Crippen LogP contribution in [0.2, 0.25) is 0 Å². The van der Waals surface area contributed by atoms with Crippen molar-refractivity contribution < 1.29 is 43.5 Å². The summed E-state index contributed by atoms with van der Waals surface area (Å²) >= 11 is 0. The summed E-state index contributed by atoms with van der Waals surface area (Å²) in [4.78, 5) is 38.1. The van der Waals surface area contributed by atoms with E-state index >= 15 is 0 Å². The van der Waals surface area contributed by atoms with Gasteiger partial charge in [0.1, 0.15) is 12.2 Å². The van der Waals surface area contributed by atoms with Crippen molar-refractivity contribution >= 4 is 17.9 Å². The van der Waals surface area contributed by atoms with Gasteiger partial charge in [-0.15, -0.1) is 0 Å². The van der Waals surface area contributed by atoms with Crippen LogP contribution in [0.1, 0.15) is 40.5 Å². The monoisotopic (exact) mass is 408 g/mol. The molecule has 2 N–H and O–H groups in total. The Hall–Kier alpha value is -1.71. The largest absolute Gasteiger partial charge is 0.459 e. The van der Waals surface area contributed by atoms with Gasteiger partial charge in [-0.1, -0.05) is 20.8 Å². The van der Waals surface area contributed by atoms with E-state index in [-0.39, 0.29) is 17.8 Å². The van der Waals surface area contributed by atoms with Crippen molar-refractivity contribution in [1.29, 1.82) is 0 Å². The van der Waals surface area contributed by atoms with E-state index in [0.29, 0.717) is 6.42 Å². The number of rotatable bonds is 0. The van der Waals surface area contributed by atoms with Crippen molar-refractivity contribution in [2.75, 3.05) is 0 Å². The van der Waals surface area contributed by atoms with Crippen LogP contribution in [0.3, 0.4) is 0 Å². The van der Waals surface area contributed by atoms with Gasteiger partial charge in [-0.05, 0) is 24.7 Å². The number of carbonyl (C=O) groups excluding carboxylic acids is 3. The highest BCUT2D eigenvalue weighted by molar-refractivity contribution is 5.93. The van der Waals surface area contributed by atoms with Crippen LogP contribution in [0.15, 0.2) is 0 Å². The Labute approximate surface area is 166 Å². The van der Waals surface area contributed by atoms with E-state index < -0.39 is 70.5 Å². The fourth-order valence-corrected chi connectivity index (χ4v) is 8.06. The summed E-state index contributed by atoms with van der Waals surface area (Å²) in [5.41, 5.74) is -6.81. The number of aliphatic hydroxyl groups is 2. The number of carbonyl (C=O) groups is 3. The molecule has 4 saturated heterocycles. The molecule has 29 heavy (non-hydrogen) atoms. The highest BCUT2D eigenvalue weighted by Gasteiger charge is 3.01. The SMILES string of the molecule is C[C@H]1C(=O)O[C@@H]2C[C@@]34[C@H]5C[C@H](C(C)(C)C)[C@@]36[C@H](OC(=O)[C@@H]6O)O[C@@]4(C(=O)O5)[C@@]21O. The molecule has 9 heteroatoms. The molecule has 2 spiro atoms. The predicted octanol–water partition coefficient (Wildman–Crippen LogP) is -0.340. The molecule has 2 aliphatic carbocycles. The first kappa shape index (κ1) is 18.1. The van der Waals surface area contributed by atoms with Crippen LogP contribution in [0, 0.1) is 28.1 Å². The maximum absolute atomic E-state index is 13.3. The van der Waals surface area contributed by atoms with Gasteiger partial charge < -0.3 is 29.2 Å². The third-order valence-corrected chi connectivity index (χ3v) is 8.97. The minimum Gasteiger partial charge on any atom is -0.459 e. The summed E-state index contributed by atoms with van der Waals surface area (Å²) in [6, 6.07) is 0. The molecular weight excluding hydrogens is 384 g/mol. The second-order valence-electron chi connectivity index (χ2n) is 10.6. The zero-order valence-electron chi connectivity index (χ0n) is 16.6. The number of fused-ring (bicyclic) bond motifs is 1. The van der Waals surface area contributed by atoms with Crippen LogP contribution in [0.5, 0.6) is 0 Å². The van der Waals surface area contributed by atoms with Crippen LogP contribution < -0.4 is 0 Å². The second kappa shape index (κ2) is 4.48. The number of hydrogen-bond donors (Lipinski definition) is 2. The quantitative estimate of drug-likeness (QED) is 0.408. The van der Waals surface area contributed by atoms with E-state index in [9.17, 15) is 24.6 Å². The van der Waals surface area contributed by atoms with Crippen LogP contribution in [-0.2, 0) is 33.3 Å². The molecule has 0 amide bonds. The molecule has 0 unspecified atom stereocenters. The first-order valence-corrected chi connectivity index (χ1v) is 10.1. The summed E-state index contributed by atoms with van der Waals surface area (Å²) < 4.78 is 22.9. The molecule has 0 bridgehead atoms. The molecule has 0 aromatic rings. The highest BCUT2D eigenvalue weighted by atomic mass is 16.8. The van der Waals surface area contributed by atoms with Gasteiger partial charge >= 0.3 is 17.9 Å². The normalized spacial score (nSPS) is 59.2. The van der Waals surface area contributed by atoms with Gasteiger partial charge in [0, 0.05) is 6.42 Å². The minimum absolute atomic E-state index is 0.0623. The fourth-order valence-electron chi connectivity index (χ4n) is 8.06. The Kier molecular flexibility index (Phi) is 2.79. The molecule has 0 aromatic carbocycles. The molecule has 4 heterocycles. The number of ether oxygens (including phenoxy) is 4. The molecule has 0 radical (unpaired) electrons. The Morgan fingerprint density at radius 2 is 1.72 bits per heavy atom. The minimum atomic E-state index is -1.97. The highest BCUT2D eigenvalue weighted by Crippen LogP contribution is 2.84. The van der Waals surface area contributed by atoms with Crippen LogP contribution in [0.4, 0.5) is 0 Å². The van der Waals surface area contributed by atoms with Crippen LogP contribution in [0.25, 0.3) is 0 Å². The Morgan fingerprint density at radius 1 is 1.03 bits per heavy atom. The molecule has 0 aromatic heterocycles. The Bertz CT molecular complexity index is 893. The standard InChI is InChI=1S/C20H24O9/c1-7-12(22)26-10-6-17-9-5-8(16(2,3)4)18(17)11(21)13(23)28-15(18)29-20(17,14(24)27-9)19(7,10)25/h7-11,15,21,25H,5-6H2,1-4H3/t7-,8+,9+,10+,11-,15+,17+,18+,19-,20+/m0/s1. The summed E-state index contributed by atoms with van der Waals surface area (Å²) in [7, 11) is 0. The third kappa shape index (κ3) is 1.35. The van der Waals surface area contributed by atoms with Gasteiger partial charge in [0.15, 0.2) is 11.7 Å². The van der Waals surface area contributed by atoms with E-state index in [1.54, 1.807) is 0 Å². The summed E-state index contributed by atoms with van der Waals surface area (Å²) in [6.07, 6.45) is -3.96. The lowest BCUT2D eigenvalue weighted by Gasteiger charge is -2.46. The van der Waals surface area contributed by atoms with Crippen LogP contribution in [-0.4, -0.2) is 63.9 Å². The lowest BCUT2D eigenvalue weighted by molar-refractivity contribution is -0.238. The van der Waals surface area contributed by atoms with E-state index in [2.05, 4.69) is 0 Å². The van der Waals surface area contributed by atoms with Gasteiger partial charge in [0.25, 0.3) is 0 Å². The molecule has 2 saturated carbocycles. The summed E-state index contributed by atoms with van der Waals surface area (Å²) in [6.45, 7) is 7.47. The maximum atomic E-state index is 13.3. The summed E-state index contributed by atoms with van der Waals surface area (Å²) in [5.74, 6) is -3.52. The smallest absolute Gasteiger partial charge is 0.342 e. The Morgan fingerprint density at radius 3 is 2.38 bits per heavy atom. The van der Waals surface area contributed by atoms with E-state index in [1.807, 2.05) is 20.8 Å². The Balaban J connectivity index is 1.68. The van der Waals surface area contributed by atoms with Gasteiger partial charge in [-0.2, -0.15) is 0 Å². The molecule has 158 valence electrons. The molecule has 6 fully saturated rings. The first-order valence-electron chi connectivity index (χ1n) is 10.1. The van der Waals surface area contributed by atoms with Crippen molar-refractivity contribution in [2.24, 2.45) is 28.1 Å². The zero-order valence-corrected chi connectivity index (χ0v) is 16.6. The molecule has 6 aliphatic rings. The van der Waals surface area contributed by atoms with Gasteiger partial charge in [-0.3, -0.25) is 4.79 Å². The molecule has 6 rings (SSSR count). The third-order valence-electron chi connectivity index (χ3n) is 8.97. The van der Waals surface area contributed by atoms with Crippen molar-refractivity contribution in [3.63, 3.8) is 0 Å². The van der Waals surface area contributed by atoms with E-state index in [0.717, 1.165) is 0 Å². The fraction of sp³-hybridized carbons (Fsp3) is 0.850. The predicted molar refractivity (Wildman–Crippen MR) is 90.6 cm³/mol. The van der Waals surface area contributed by atoms with Crippen LogP contribution >= 0.6 is 0 Å². The first-order chi connectivity index (χ1) is 13.4. The second-order valence-corrected chi connectivity index (χ2v) is 10.6. The van der Waals surface area contributed by atoms with Crippen molar-refractivity contribution in [3.05, 3.63) is 0 Å². The van der Waals surface area contributed by atoms with Crippen molar-refractivity contribution in [2.45, 2.75) is 76.3 Å². The van der Waals surface area contributed by atoms with Gasteiger partial charge in [0.2, 0.25) is 11.9 Å². The molecule has 4 aliphatic heterocycles. The number of esters is 3. The average Bonchev–Trinajstić information content (AvgIpc) is 3.31. The summed E-state index contributed by atoms with van der Waals surface area (Å²) in [5, 5.41) is 23.0. The van der Waals surface area contributed by atoms with Crippen molar-refractivity contribution in [1.82, 2.24) is 0 Å². The van der Waals surface area contributed by atoms with E-state index in [4.69, 9.17) is 18.9 Å². The lowest BCUT2D eigenvalue weighted by atomic mass is 9.51. The van der Waals surface area contributed by atoms with Gasteiger partial charge in [0.05, 0.1) is 16.7 Å².